The topological polar surface area (TPSA) is 61.9 Å². The Kier molecular flexibility index (Phi) is 9.39. The lowest BCUT2D eigenvalue weighted by Gasteiger charge is -2.12. The molecular weight excluding hydrogens is 1090 g/mol. The van der Waals surface area contributed by atoms with Gasteiger partial charge in [-0.1, -0.05) is 164 Å². The van der Waals surface area contributed by atoms with Gasteiger partial charge in [-0.25, -0.2) is 9.97 Å². The van der Waals surface area contributed by atoms with Gasteiger partial charge in [-0.2, -0.15) is 0 Å². The number of thiophene rings is 2. The highest BCUT2D eigenvalue weighted by Gasteiger charge is 2.25. The Morgan fingerprint density at radius 3 is 1.52 bits per heavy atom. The van der Waals surface area contributed by atoms with Gasteiger partial charge in [0.05, 0.1) is 58.9 Å². The van der Waals surface area contributed by atoms with E-state index in [1.807, 2.05) is 22.7 Å². The average Bonchev–Trinajstić information content (AvgIpc) is 1.86. The molecule has 0 radical (unpaired) electrons. The zero-order valence-corrected chi connectivity index (χ0v) is 47.3. The summed E-state index contributed by atoms with van der Waals surface area (Å²) in [5.41, 5.74) is 21.0. The maximum Gasteiger partial charge on any atom is 0.160 e. The number of rotatable bonds is 5. The molecule has 0 aliphatic heterocycles. The van der Waals surface area contributed by atoms with Crippen molar-refractivity contribution in [2.45, 2.75) is 0 Å². The Morgan fingerprint density at radius 1 is 0.314 bits per heavy atom. The fraction of sp³-hybridized carbons (Fsp3) is 0. The smallest absolute Gasteiger partial charge is 0.160 e. The quantitative estimate of drug-likeness (QED) is 0.172. The highest BCUT2D eigenvalue weighted by Crippen LogP contribution is 2.49. The predicted molar refractivity (Wildman–Crippen MR) is 362 cm³/mol. The molecule has 8 aromatic heterocycles. The molecule has 398 valence electrons. The third-order valence-corrected chi connectivity index (χ3v) is 20.5. The number of aromatic nitrogens is 4. The van der Waals surface area contributed by atoms with E-state index in [4.69, 9.17) is 18.8 Å². The van der Waals surface area contributed by atoms with Crippen molar-refractivity contribution in [3.8, 4) is 44.8 Å². The molecule has 8 heterocycles. The van der Waals surface area contributed by atoms with Crippen LogP contribution in [0.3, 0.4) is 0 Å². The van der Waals surface area contributed by atoms with Crippen molar-refractivity contribution in [1.29, 1.82) is 0 Å². The van der Waals surface area contributed by atoms with Crippen LogP contribution in [-0.4, -0.2) is 19.1 Å². The molecule has 0 aliphatic carbocycles. The lowest BCUT2D eigenvalue weighted by Crippen LogP contribution is -1.95. The van der Waals surface area contributed by atoms with Crippen LogP contribution in [0, 0.1) is 0 Å². The van der Waals surface area contributed by atoms with Gasteiger partial charge in [-0.3, -0.25) is 0 Å². The van der Waals surface area contributed by atoms with Gasteiger partial charge in [-0.15, -0.1) is 22.7 Å². The predicted octanol–water partition coefficient (Wildman–Crippen LogP) is 22.5. The number of pyridine rings is 2. The highest BCUT2D eigenvalue weighted by molar-refractivity contribution is 7.26. The van der Waals surface area contributed by atoms with Gasteiger partial charge in [0.15, 0.2) is 5.58 Å². The first-order chi connectivity index (χ1) is 42.6. The lowest BCUT2D eigenvalue weighted by atomic mass is 9.97. The minimum atomic E-state index is 0.847. The summed E-state index contributed by atoms with van der Waals surface area (Å²) in [7, 11) is 0. The van der Waals surface area contributed by atoms with Crippen LogP contribution in [-0.2, 0) is 0 Å². The summed E-state index contributed by atoms with van der Waals surface area (Å²) in [6.45, 7) is 0. The molecule has 0 aliphatic rings. The highest BCUT2D eigenvalue weighted by atomic mass is 32.1. The van der Waals surface area contributed by atoms with Crippen LogP contribution in [0.1, 0.15) is 0 Å². The molecule has 0 saturated heterocycles. The number of hydrogen-bond acceptors (Lipinski definition) is 6. The van der Waals surface area contributed by atoms with E-state index in [0.717, 1.165) is 148 Å². The van der Waals surface area contributed by atoms with Crippen LogP contribution in [0.15, 0.2) is 264 Å². The van der Waals surface area contributed by atoms with Gasteiger partial charge in [-0.05, 0) is 113 Å². The minimum Gasteiger partial charge on any atom is -0.455 e. The van der Waals surface area contributed by atoms with E-state index < -0.39 is 0 Å². The van der Waals surface area contributed by atoms with Crippen LogP contribution in [0.2, 0.25) is 0 Å². The summed E-state index contributed by atoms with van der Waals surface area (Å²) in [6, 6.07) is 92.2. The van der Waals surface area contributed by atoms with Gasteiger partial charge in [0.25, 0.3) is 0 Å². The molecule has 0 N–H and O–H groups in total. The molecule has 86 heavy (non-hydrogen) atoms. The normalized spacial score (nSPS) is 12.4. The fourth-order valence-electron chi connectivity index (χ4n) is 14.4. The maximum absolute atomic E-state index is 7.15. The third-order valence-electron chi connectivity index (χ3n) is 18.1. The summed E-state index contributed by atoms with van der Waals surface area (Å²) in [5.74, 6) is 0. The molecule has 0 spiro atoms. The van der Waals surface area contributed by atoms with Crippen LogP contribution < -0.4 is 0 Å². The third kappa shape index (κ3) is 6.38. The standard InChI is InChI=1S/C78H42N4O2S2/c1-7-21-59-53(15-1)68(77-72(79-59)56-18-5-11-26-66(56)85-77)43-28-33-46(34-29-43)81-61-23-9-3-17-55(61)71-62(81)41-40-58-70-48(20-13-25-65(70)84-75(58)71)45-32-37-49-51-38-39-52-50-14-4-10-24-64(50)83-76(52)74(51)82(63(49)42-45)47-35-30-44(31-36-47)69-54-16-2-8-22-60(54)80-73-57-19-6-12-27-67(57)86-78(69)73/h1-42H. The van der Waals surface area contributed by atoms with E-state index in [1.54, 1.807) is 0 Å². The lowest BCUT2D eigenvalue weighted by molar-refractivity contribution is 0.671. The van der Waals surface area contributed by atoms with Crippen LogP contribution in [0.5, 0.6) is 0 Å². The maximum atomic E-state index is 7.15. The molecule has 8 heteroatoms. The summed E-state index contributed by atoms with van der Waals surface area (Å²) in [5, 5.41) is 13.6. The Morgan fingerprint density at radius 2 is 0.837 bits per heavy atom. The number of furan rings is 2. The molecular formula is C78H42N4O2S2. The fourth-order valence-corrected chi connectivity index (χ4v) is 16.8. The summed E-state index contributed by atoms with van der Waals surface area (Å²) in [4.78, 5) is 10.5. The zero-order valence-electron chi connectivity index (χ0n) is 45.7. The molecule has 0 saturated carbocycles. The number of hydrogen-bond donors (Lipinski definition) is 0. The van der Waals surface area contributed by atoms with Crippen molar-refractivity contribution in [3.63, 3.8) is 0 Å². The second-order valence-electron chi connectivity index (χ2n) is 22.6. The van der Waals surface area contributed by atoms with Gasteiger partial charge in [0.2, 0.25) is 0 Å². The monoisotopic (exact) mass is 1130 g/mol. The van der Waals surface area contributed by atoms with Crippen molar-refractivity contribution in [1.82, 2.24) is 19.1 Å². The van der Waals surface area contributed by atoms with E-state index in [-0.39, 0.29) is 0 Å². The Hall–Kier alpha value is -10.9. The van der Waals surface area contributed by atoms with Crippen molar-refractivity contribution < 1.29 is 8.83 Å². The van der Waals surface area contributed by atoms with E-state index in [9.17, 15) is 0 Å². The van der Waals surface area contributed by atoms with E-state index in [2.05, 4.69) is 264 Å². The van der Waals surface area contributed by atoms with Crippen molar-refractivity contribution in [2.24, 2.45) is 0 Å². The van der Waals surface area contributed by atoms with E-state index in [0.29, 0.717) is 0 Å². The Labute approximate surface area is 496 Å². The summed E-state index contributed by atoms with van der Waals surface area (Å²) < 4.78 is 23.8. The van der Waals surface area contributed by atoms with E-state index >= 15 is 0 Å². The molecule has 12 aromatic carbocycles. The van der Waals surface area contributed by atoms with Gasteiger partial charge in [0, 0.05) is 91.1 Å². The van der Waals surface area contributed by atoms with Crippen molar-refractivity contribution in [2.75, 3.05) is 0 Å². The second kappa shape index (κ2) is 17.3. The van der Waals surface area contributed by atoms with E-state index in [1.165, 1.54) is 46.3 Å². The molecule has 20 aromatic rings. The molecule has 20 rings (SSSR count). The zero-order chi connectivity index (χ0) is 55.9. The average molecular weight is 1130 g/mol. The van der Waals surface area contributed by atoms with Gasteiger partial charge >= 0.3 is 0 Å². The SMILES string of the molecule is c1ccc2c(-c3ccc(-n4c5ccccc5c5c6oc7cccc(-c8ccc9c%10ccc%11c%12ccccc%12oc%11c%10n(-c%10ccc(-c%11c%12ccccc%12nc%12c%11sc%11ccccc%11%12)cc%10)c9c8)c7c6ccc54)cc3)c3sc4ccccc4c3nc2c1. The van der Waals surface area contributed by atoms with Crippen molar-refractivity contribution in [3.05, 3.63) is 255 Å². The number of para-hydroxylation sites is 4. The van der Waals surface area contributed by atoms with Crippen molar-refractivity contribution >= 4 is 173 Å². The van der Waals surface area contributed by atoms with Gasteiger partial charge < -0.3 is 18.0 Å². The minimum absolute atomic E-state index is 0.847. The second-order valence-corrected chi connectivity index (χ2v) is 24.7. The number of fused-ring (bicyclic) bond motifs is 22. The first-order valence-corrected chi connectivity index (χ1v) is 30.7. The molecule has 0 fully saturated rings. The Bertz CT molecular complexity index is 6330. The molecule has 6 nitrogen and oxygen atoms in total. The summed E-state index contributed by atoms with van der Waals surface area (Å²) in [6.07, 6.45) is 0. The summed E-state index contributed by atoms with van der Waals surface area (Å²) >= 11 is 3.64. The molecule has 0 atom stereocenters. The van der Waals surface area contributed by atoms with Crippen LogP contribution in [0.25, 0.3) is 195 Å². The molecule has 0 amide bonds. The largest absolute Gasteiger partial charge is 0.455 e. The molecule has 0 bridgehead atoms. The first-order valence-electron chi connectivity index (χ1n) is 29.0. The van der Waals surface area contributed by atoms with Crippen LogP contribution >= 0.6 is 22.7 Å². The Balaban J connectivity index is 0.761. The number of nitrogens with zero attached hydrogens (tertiary/aromatic N) is 4. The number of benzene rings is 12. The van der Waals surface area contributed by atoms with Crippen LogP contribution in [0.4, 0.5) is 0 Å². The first kappa shape index (κ1) is 46.6. The van der Waals surface area contributed by atoms with Gasteiger partial charge in [0.1, 0.15) is 16.7 Å². The molecule has 0 unspecified atom stereocenters.